The molecule has 7 heteroatoms. The standard InChI is InChI=1S/C18H17F3N2O2/c1-12-5-2-3-8-15(12)17(25)23-11-16(24)22-10-13-6-4-7-14(9-13)18(19,20)21/h2-9H,10-11H2,1H3,(H,22,24)(H,23,25). The Balaban J connectivity index is 1.85. The Bertz CT molecular complexity index is 773. The fourth-order valence-corrected chi connectivity index (χ4v) is 2.20. The molecule has 0 aliphatic heterocycles. The van der Waals surface area contributed by atoms with Crippen molar-refractivity contribution in [2.45, 2.75) is 19.6 Å². The SMILES string of the molecule is Cc1ccccc1C(=O)NCC(=O)NCc1cccc(C(F)(F)F)c1. The van der Waals surface area contributed by atoms with Gasteiger partial charge in [0.2, 0.25) is 5.91 Å². The molecule has 2 aromatic carbocycles. The smallest absolute Gasteiger partial charge is 0.350 e. The molecule has 2 amide bonds. The van der Waals surface area contributed by atoms with Gasteiger partial charge in [-0.3, -0.25) is 9.59 Å². The highest BCUT2D eigenvalue weighted by molar-refractivity contribution is 5.97. The van der Waals surface area contributed by atoms with Crippen LogP contribution in [0, 0.1) is 6.92 Å². The number of carbonyl (C=O) groups excluding carboxylic acids is 2. The lowest BCUT2D eigenvalue weighted by atomic mass is 10.1. The van der Waals surface area contributed by atoms with Crippen LogP contribution in [0.15, 0.2) is 48.5 Å². The molecule has 0 saturated carbocycles. The van der Waals surface area contributed by atoms with E-state index in [1.165, 1.54) is 12.1 Å². The molecule has 0 spiro atoms. The van der Waals surface area contributed by atoms with Crippen molar-refractivity contribution >= 4 is 11.8 Å². The lowest BCUT2D eigenvalue weighted by Gasteiger charge is -2.10. The number of rotatable bonds is 5. The van der Waals surface area contributed by atoms with Crippen LogP contribution in [0.25, 0.3) is 0 Å². The highest BCUT2D eigenvalue weighted by Crippen LogP contribution is 2.29. The predicted molar refractivity (Wildman–Crippen MR) is 86.8 cm³/mol. The number of nitrogens with one attached hydrogen (secondary N) is 2. The highest BCUT2D eigenvalue weighted by Gasteiger charge is 2.30. The molecule has 132 valence electrons. The van der Waals surface area contributed by atoms with Crippen LogP contribution in [-0.2, 0) is 17.5 Å². The Kier molecular flexibility index (Phi) is 5.80. The van der Waals surface area contributed by atoms with Crippen LogP contribution in [0.3, 0.4) is 0 Å². The van der Waals surface area contributed by atoms with E-state index in [9.17, 15) is 22.8 Å². The Hall–Kier alpha value is -2.83. The lowest BCUT2D eigenvalue weighted by Crippen LogP contribution is -2.36. The summed E-state index contributed by atoms with van der Waals surface area (Å²) in [5, 5.41) is 4.96. The average molecular weight is 350 g/mol. The fourth-order valence-electron chi connectivity index (χ4n) is 2.20. The van der Waals surface area contributed by atoms with E-state index < -0.39 is 17.6 Å². The first kappa shape index (κ1) is 18.5. The van der Waals surface area contributed by atoms with Crippen molar-refractivity contribution in [3.05, 3.63) is 70.8 Å². The van der Waals surface area contributed by atoms with Gasteiger partial charge in [0.1, 0.15) is 0 Å². The number of amides is 2. The van der Waals surface area contributed by atoms with E-state index in [2.05, 4.69) is 10.6 Å². The third kappa shape index (κ3) is 5.34. The van der Waals surface area contributed by atoms with Crippen molar-refractivity contribution < 1.29 is 22.8 Å². The molecule has 0 aromatic heterocycles. The molecule has 0 bridgehead atoms. The maximum absolute atomic E-state index is 12.6. The van der Waals surface area contributed by atoms with Gasteiger partial charge in [-0.1, -0.05) is 30.3 Å². The molecule has 2 N–H and O–H groups in total. The molecule has 0 saturated heterocycles. The van der Waals surface area contributed by atoms with Gasteiger partial charge in [0.15, 0.2) is 0 Å². The maximum Gasteiger partial charge on any atom is 0.416 e. The summed E-state index contributed by atoms with van der Waals surface area (Å²) in [6.45, 7) is 1.47. The van der Waals surface area contributed by atoms with Gasteiger partial charge in [0.05, 0.1) is 12.1 Å². The summed E-state index contributed by atoms with van der Waals surface area (Å²) in [6, 6.07) is 11.7. The van der Waals surface area contributed by atoms with Crippen LogP contribution < -0.4 is 10.6 Å². The van der Waals surface area contributed by atoms with E-state index in [4.69, 9.17) is 0 Å². The third-order valence-corrected chi connectivity index (χ3v) is 3.54. The second kappa shape index (κ2) is 7.83. The number of benzene rings is 2. The summed E-state index contributed by atoms with van der Waals surface area (Å²) in [6.07, 6.45) is -4.43. The zero-order valence-electron chi connectivity index (χ0n) is 13.5. The molecule has 2 rings (SSSR count). The maximum atomic E-state index is 12.6. The third-order valence-electron chi connectivity index (χ3n) is 3.54. The van der Waals surface area contributed by atoms with Gasteiger partial charge >= 0.3 is 6.18 Å². The van der Waals surface area contributed by atoms with Gasteiger partial charge in [-0.2, -0.15) is 13.2 Å². The van der Waals surface area contributed by atoms with Crippen LogP contribution in [0.4, 0.5) is 13.2 Å². The van der Waals surface area contributed by atoms with Crippen molar-refractivity contribution in [1.29, 1.82) is 0 Å². The van der Waals surface area contributed by atoms with Crippen molar-refractivity contribution in [2.75, 3.05) is 6.54 Å². The number of aryl methyl sites for hydroxylation is 1. The molecule has 2 aromatic rings. The number of halogens is 3. The predicted octanol–water partition coefficient (Wildman–Crippen LogP) is 3.06. The van der Waals surface area contributed by atoms with Crippen LogP contribution in [-0.4, -0.2) is 18.4 Å². The van der Waals surface area contributed by atoms with E-state index in [1.54, 1.807) is 31.2 Å². The largest absolute Gasteiger partial charge is 0.416 e. The van der Waals surface area contributed by atoms with Crippen LogP contribution in [0.5, 0.6) is 0 Å². The van der Waals surface area contributed by atoms with E-state index in [0.29, 0.717) is 11.1 Å². The monoisotopic (exact) mass is 350 g/mol. The van der Waals surface area contributed by atoms with Crippen molar-refractivity contribution in [2.24, 2.45) is 0 Å². The molecular weight excluding hydrogens is 333 g/mol. The van der Waals surface area contributed by atoms with E-state index >= 15 is 0 Å². The Morgan fingerprint density at radius 3 is 2.40 bits per heavy atom. The molecule has 4 nitrogen and oxygen atoms in total. The minimum absolute atomic E-state index is 0.0526. The zero-order valence-corrected chi connectivity index (χ0v) is 13.5. The minimum Gasteiger partial charge on any atom is -0.350 e. The summed E-state index contributed by atoms with van der Waals surface area (Å²) in [4.78, 5) is 23.8. The molecule has 0 fully saturated rings. The zero-order chi connectivity index (χ0) is 18.4. The van der Waals surface area contributed by atoms with Gasteiger partial charge in [0, 0.05) is 12.1 Å². The van der Waals surface area contributed by atoms with Gasteiger partial charge < -0.3 is 10.6 Å². The average Bonchev–Trinajstić information content (AvgIpc) is 2.58. The first-order chi connectivity index (χ1) is 11.8. The Morgan fingerprint density at radius 2 is 1.72 bits per heavy atom. The van der Waals surface area contributed by atoms with Gasteiger partial charge in [-0.25, -0.2) is 0 Å². The minimum atomic E-state index is -4.43. The lowest BCUT2D eigenvalue weighted by molar-refractivity contribution is -0.137. The Morgan fingerprint density at radius 1 is 1.00 bits per heavy atom. The fraction of sp³-hybridized carbons (Fsp3) is 0.222. The topological polar surface area (TPSA) is 58.2 Å². The summed E-state index contributed by atoms with van der Waals surface area (Å²) in [5.74, 6) is -0.869. The number of hydrogen-bond donors (Lipinski definition) is 2. The summed E-state index contributed by atoms with van der Waals surface area (Å²) >= 11 is 0. The number of alkyl halides is 3. The second-order valence-corrected chi connectivity index (χ2v) is 5.47. The molecule has 0 unspecified atom stereocenters. The summed E-state index contributed by atoms with van der Waals surface area (Å²) < 4.78 is 37.9. The normalized spacial score (nSPS) is 11.0. The summed E-state index contributed by atoms with van der Waals surface area (Å²) in [7, 11) is 0. The molecule has 0 aliphatic rings. The van der Waals surface area contributed by atoms with Crippen LogP contribution in [0.2, 0.25) is 0 Å². The van der Waals surface area contributed by atoms with Gasteiger partial charge in [0.25, 0.3) is 5.91 Å². The molecule has 0 aliphatic carbocycles. The Labute approximate surface area is 143 Å². The van der Waals surface area contributed by atoms with E-state index in [0.717, 1.165) is 17.7 Å². The van der Waals surface area contributed by atoms with Crippen molar-refractivity contribution in [1.82, 2.24) is 10.6 Å². The number of carbonyl (C=O) groups is 2. The molecular formula is C18H17F3N2O2. The van der Waals surface area contributed by atoms with Crippen LogP contribution in [0.1, 0.15) is 27.0 Å². The number of hydrogen-bond acceptors (Lipinski definition) is 2. The van der Waals surface area contributed by atoms with Gasteiger partial charge in [-0.05, 0) is 36.2 Å². The molecule has 0 heterocycles. The highest BCUT2D eigenvalue weighted by atomic mass is 19.4. The van der Waals surface area contributed by atoms with E-state index in [-0.39, 0.29) is 19.0 Å². The van der Waals surface area contributed by atoms with Crippen molar-refractivity contribution in [3.63, 3.8) is 0 Å². The summed E-state index contributed by atoms with van der Waals surface area (Å²) in [5.41, 5.74) is 0.804. The second-order valence-electron chi connectivity index (χ2n) is 5.47. The first-order valence-electron chi connectivity index (χ1n) is 7.54. The quantitative estimate of drug-likeness (QED) is 0.871. The van der Waals surface area contributed by atoms with Crippen molar-refractivity contribution in [3.8, 4) is 0 Å². The molecule has 0 radical (unpaired) electrons. The first-order valence-corrected chi connectivity index (χ1v) is 7.54. The van der Waals surface area contributed by atoms with Gasteiger partial charge in [-0.15, -0.1) is 0 Å². The van der Waals surface area contributed by atoms with E-state index in [1.807, 2.05) is 0 Å². The molecule has 0 atom stereocenters. The van der Waals surface area contributed by atoms with Crippen LogP contribution >= 0.6 is 0 Å². The molecule has 25 heavy (non-hydrogen) atoms.